The van der Waals surface area contributed by atoms with Crippen molar-refractivity contribution in [2.75, 3.05) is 5.75 Å². The molecule has 7 nitrogen and oxygen atoms in total. The average Bonchev–Trinajstić information content (AvgIpc) is 2.97. The van der Waals surface area contributed by atoms with Crippen molar-refractivity contribution in [3.63, 3.8) is 0 Å². The third kappa shape index (κ3) is 5.58. The zero-order valence-electron chi connectivity index (χ0n) is 17.6. The van der Waals surface area contributed by atoms with Crippen LogP contribution >= 0.6 is 11.8 Å². The minimum Gasteiger partial charge on any atom is -0.507 e. The quantitative estimate of drug-likeness (QED) is 0.454. The molecule has 2 rings (SSSR count). The molecular formula is C20H29N5O2S. The molecule has 1 heterocycles. The largest absolute Gasteiger partial charge is 0.507 e. The molecule has 2 N–H and O–H groups in total. The number of hydrogen-bond donors (Lipinski definition) is 2. The van der Waals surface area contributed by atoms with Gasteiger partial charge in [-0.3, -0.25) is 4.79 Å². The van der Waals surface area contributed by atoms with Crippen LogP contribution in [0.25, 0.3) is 0 Å². The fourth-order valence-corrected chi connectivity index (χ4v) is 3.30. The highest BCUT2D eigenvalue weighted by Gasteiger charge is 2.26. The number of carbonyl (C=O) groups excluding carboxylic acids is 1. The lowest BCUT2D eigenvalue weighted by Gasteiger charge is -2.27. The summed E-state index contributed by atoms with van der Waals surface area (Å²) in [6.07, 6.45) is 3.19. The Balaban J connectivity index is 2.14. The number of phenols is 1. The Labute approximate surface area is 170 Å². The summed E-state index contributed by atoms with van der Waals surface area (Å²) >= 11 is 1.29. The van der Waals surface area contributed by atoms with Gasteiger partial charge >= 0.3 is 0 Å². The zero-order valence-corrected chi connectivity index (χ0v) is 18.4. The van der Waals surface area contributed by atoms with Crippen LogP contribution in [0.3, 0.4) is 0 Å². The molecule has 0 atom stereocenters. The first kappa shape index (κ1) is 21.9. The smallest absolute Gasteiger partial charge is 0.250 e. The number of aromatic nitrogens is 3. The van der Waals surface area contributed by atoms with E-state index in [1.54, 1.807) is 17.1 Å². The fourth-order valence-electron chi connectivity index (χ4n) is 2.62. The Kier molecular flexibility index (Phi) is 6.54. The maximum atomic E-state index is 12.0. The maximum absolute atomic E-state index is 12.0. The lowest BCUT2D eigenvalue weighted by molar-refractivity contribution is -0.118. The number of amides is 1. The van der Waals surface area contributed by atoms with E-state index >= 15 is 0 Å². The van der Waals surface area contributed by atoms with Crippen molar-refractivity contribution in [2.24, 2.45) is 12.1 Å². The highest BCUT2D eigenvalue weighted by molar-refractivity contribution is 7.99. The highest BCUT2D eigenvalue weighted by atomic mass is 32.2. The monoisotopic (exact) mass is 403 g/mol. The van der Waals surface area contributed by atoms with Gasteiger partial charge in [0.1, 0.15) is 12.1 Å². The Hall–Kier alpha value is -2.35. The lowest BCUT2D eigenvalue weighted by Crippen LogP contribution is -2.20. The number of hydrazone groups is 1. The summed E-state index contributed by atoms with van der Waals surface area (Å²) in [6, 6.07) is 3.82. The van der Waals surface area contributed by atoms with Crippen molar-refractivity contribution in [1.82, 2.24) is 20.2 Å². The second-order valence-electron chi connectivity index (χ2n) is 8.77. The number of nitrogens with one attached hydrogen (secondary N) is 1. The van der Waals surface area contributed by atoms with Gasteiger partial charge in [0.15, 0.2) is 5.16 Å². The molecule has 0 radical (unpaired) electrons. The molecule has 0 bridgehead atoms. The molecule has 0 fully saturated rings. The molecule has 1 aromatic carbocycles. The fraction of sp³-hybridized carbons (Fsp3) is 0.500. The number of aromatic hydroxyl groups is 1. The Morgan fingerprint density at radius 2 is 1.79 bits per heavy atom. The van der Waals surface area contributed by atoms with Crippen molar-refractivity contribution < 1.29 is 9.90 Å². The number of carbonyl (C=O) groups is 1. The van der Waals surface area contributed by atoms with Gasteiger partial charge in [-0.25, -0.2) is 5.43 Å². The summed E-state index contributed by atoms with van der Waals surface area (Å²) in [6.45, 7) is 12.3. The molecule has 152 valence electrons. The minimum atomic E-state index is -0.227. The van der Waals surface area contributed by atoms with Gasteiger partial charge in [-0.15, -0.1) is 10.2 Å². The van der Waals surface area contributed by atoms with Gasteiger partial charge in [-0.1, -0.05) is 53.3 Å². The van der Waals surface area contributed by atoms with Crippen LogP contribution < -0.4 is 5.43 Å². The van der Waals surface area contributed by atoms with Gasteiger partial charge in [0.25, 0.3) is 5.91 Å². The molecule has 2 aromatic rings. The SMILES string of the molecule is Cn1cnnc1SCC(=O)N/N=C/c1cc(C(C)(C)C)c(O)c(C(C)(C)C)c1. The Morgan fingerprint density at radius 1 is 1.21 bits per heavy atom. The second kappa shape index (κ2) is 8.34. The van der Waals surface area contributed by atoms with Crippen LogP contribution in [-0.2, 0) is 22.7 Å². The second-order valence-corrected chi connectivity index (χ2v) is 9.71. The molecule has 0 spiro atoms. The molecule has 0 aliphatic heterocycles. The first-order valence-electron chi connectivity index (χ1n) is 9.06. The number of thioether (sulfide) groups is 1. The van der Waals surface area contributed by atoms with E-state index in [0.717, 1.165) is 16.7 Å². The number of hydrogen-bond acceptors (Lipinski definition) is 6. The molecule has 8 heteroatoms. The Bertz CT molecular complexity index is 840. The van der Waals surface area contributed by atoms with Crippen LogP contribution in [0.1, 0.15) is 58.2 Å². The first-order valence-corrected chi connectivity index (χ1v) is 10.0. The number of aryl methyl sites for hydroxylation is 1. The normalized spacial score (nSPS) is 12.5. The molecule has 0 aliphatic carbocycles. The third-order valence-corrected chi connectivity index (χ3v) is 5.19. The average molecular weight is 404 g/mol. The predicted octanol–water partition coefficient (Wildman–Crippen LogP) is 3.36. The van der Waals surface area contributed by atoms with Crippen LogP contribution in [0.15, 0.2) is 28.7 Å². The third-order valence-electron chi connectivity index (χ3n) is 4.15. The summed E-state index contributed by atoms with van der Waals surface area (Å²) in [5, 5.41) is 23.2. The molecule has 1 aromatic heterocycles. The highest BCUT2D eigenvalue weighted by Crippen LogP contribution is 2.39. The van der Waals surface area contributed by atoms with E-state index in [1.165, 1.54) is 11.8 Å². The number of benzene rings is 1. The van der Waals surface area contributed by atoms with Crippen LogP contribution in [0.4, 0.5) is 0 Å². The summed E-state index contributed by atoms with van der Waals surface area (Å²) < 4.78 is 1.75. The molecular weight excluding hydrogens is 374 g/mol. The van der Waals surface area contributed by atoms with Gasteiger partial charge < -0.3 is 9.67 Å². The van der Waals surface area contributed by atoms with E-state index in [2.05, 4.69) is 62.3 Å². The predicted molar refractivity (Wildman–Crippen MR) is 113 cm³/mol. The summed E-state index contributed by atoms with van der Waals surface area (Å²) in [4.78, 5) is 12.0. The van der Waals surface area contributed by atoms with E-state index in [9.17, 15) is 9.90 Å². The lowest BCUT2D eigenvalue weighted by atomic mass is 9.78. The van der Waals surface area contributed by atoms with Crippen LogP contribution in [0, 0.1) is 0 Å². The van der Waals surface area contributed by atoms with Crippen molar-refractivity contribution in [3.05, 3.63) is 35.2 Å². The van der Waals surface area contributed by atoms with E-state index in [-0.39, 0.29) is 22.5 Å². The van der Waals surface area contributed by atoms with Gasteiger partial charge in [0, 0.05) is 18.2 Å². The minimum absolute atomic E-state index is 0.194. The molecule has 0 unspecified atom stereocenters. The van der Waals surface area contributed by atoms with E-state index in [1.807, 2.05) is 19.2 Å². The van der Waals surface area contributed by atoms with Crippen LogP contribution in [0.2, 0.25) is 0 Å². The summed E-state index contributed by atoms with van der Waals surface area (Å²) in [7, 11) is 1.82. The number of rotatable bonds is 5. The van der Waals surface area contributed by atoms with Crippen molar-refractivity contribution in [2.45, 2.75) is 57.5 Å². The number of phenolic OH excluding ortho intramolecular Hbond substituents is 1. The first-order chi connectivity index (χ1) is 12.9. The van der Waals surface area contributed by atoms with Crippen molar-refractivity contribution >= 4 is 23.9 Å². The van der Waals surface area contributed by atoms with Gasteiger partial charge in [-0.2, -0.15) is 5.10 Å². The topological polar surface area (TPSA) is 92.4 Å². The summed E-state index contributed by atoms with van der Waals surface area (Å²) in [5.41, 5.74) is 4.63. The molecule has 1 amide bonds. The van der Waals surface area contributed by atoms with Crippen molar-refractivity contribution in [3.8, 4) is 5.75 Å². The van der Waals surface area contributed by atoms with E-state index in [0.29, 0.717) is 10.9 Å². The zero-order chi connectivity index (χ0) is 21.1. The Morgan fingerprint density at radius 3 is 2.25 bits per heavy atom. The molecule has 0 aliphatic rings. The molecule has 0 saturated heterocycles. The van der Waals surface area contributed by atoms with Crippen LogP contribution in [0.5, 0.6) is 5.75 Å². The molecule has 28 heavy (non-hydrogen) atoms. The van der Waals surface area contributed by atoms with Gasteiger partial charge in [0.05, 0.1) is 12.0 Å². The van der Waals surface area contributed by atoms with Crippen molar-refractivity contribution in [1.29, 1.82) is 0 Å². The number of nitrogens with zero attached hydrogens (tertiary/aromatic N) is 4. The van der Waals surface area contributed by atoms with Gasteiger partial charge in [-0.05, 0) is 28.5 Å². The summed E-state index contributed by atoms with van der Waals surface area (Å²) in [5.74, 6) is 0.288. The van der Waals surface area contributed by atoms with E-state index in [4.69, 9.17) is 0 Å². The maximum Gasteiger partial charge on any atom is 0.250 e. The standard InChI is InChI=1S/C20H29N5O2S/c1-19(2,3)14-8-13(9-15(17(14)27)20(4,5)6)10-21-23-16(26)11-28-18-24-22-12-25(18)7/h8-10,12,27H,11H2,1-7H3,(H,23,26)/b21-10+. The van der Waals surface area contributed by atoms with Gasteiger partial charge in [0.2, 0.25) is 0 Å². The molecule has 0 saturated carbocycles. The van der Waals surface area contributed by atoms with Crippen LogP contribution in [-0.4, -0.2) is 37.7 Å². The van der Waals surface area contributed by atoms with E-state index < -0.39 is 0 Å².